The Balaban J connectivity index is 1.52. The Morgan fingerprint density at radius 2 is 2.03 bits per heavy atom. The third kappa shape index (κ3) is 3.85. The van der Waals surface area contributed by atoms with Gasteiger partial charge in [-0.3, -0.25) is 9.59 Å². The Morgan fingerprint density at radius 1 is 1.28 bits per heavy atom. The van der Waals surface area contributed by atoms with Crippen molar-refractivity contribution >= 4 is 45.5 Å². The van der Waals surface area contributed by atoms with E-state index in [1.165, 1.54) is 18.4 Å². The lowest BCUT2D eigenvalue weighted by Gasteiger charge is -2.26. The van der Waals surface area contributed by atoms with E-state index in [1.54, 1.807) is 6.07 Å². The van der Waals surface area contributed by atoms with Crippen molar-refractivity contribution in [2.24, 2.45) is 5.92 Å². The highest BCUT2D eigenvalue weighted by atomic mass is 32.1. The Bertz CT molecular complexity index is 984. The zero-order valence-electron chi connectivity index (χ0n) is 16.3. The van der Waals surface area contributed by atoms with Gasteiger partial charge in [0.05, 0.1) is 30.5 Å². The third-order valence-electron chi connectivity index (χ3n) is 5.37. The van der Waals surface area contributed by atoms with E-state index in [1.807, 2.05) is 18.2 Å². The molecule has 2 aromatic rings. The number of carbonyl (C=O) groups excluding carboxylic acids is 3. The Labute approximate surface area is 172 Å². The molecule has 0 bridgehead atoms. The molecule has 0 fully saturated rings. The number of esters is 1. The third-order valence-corrected chi connectivity index (χ3v) is 6.54. The summed E-state index contributed by atoms with van der Waals surface area (Å²) in [5, 5.41) is 9.28. The van der Waals surface area contributed by atoms with Crippen LogP contribution in [0.4, 0.5) is 16.4 Å². The normalized spacial score (nSPS) is 20.0. The lowest BCUT2D eigenvalue weighted by Crippen LogP contribution is -2.41. The lowest BCUT2D eigenvalue weighted by molar-refractivity contribution is -0.122. The zero-order valence-corrected chi connectivity index (χ0v) is 17.2. The van der Waals surface area contributed by atoms with Gasteiger partial charge in [-0.25, -0.2) is 4.79 Å². The van der Waals surface area contributed by atoms with E-state index >= 15 is 0 Å². The maximum atomic E-state index is 12.7. The molecule has 1 aromatic carbocycles. The van der Waals surface area contributed by atoms with E-state index in [-0.39, 0.29) is 18.2 Å². The van der Waals surface area contributed by atoms with Gasteiger partial charge in [-0.05, 0) is 42.9 Å². The fourth-order valence-corrected chi connectivity index (χ4v) is 5.27. The molecule has 152 valence electrons. The highest BCUT2D eigenvalue weighted by Crippen LogP contribution is 2.40. The lowest BCUT2D eigenvalue weighted by atomic mass is 9.88. The van der Waals surface area contributed by atoms with E-state index in [4.69, 9.17) is 4.74 Å². The predicted octanol–water partition coefficient (Wildman–Crippen LogP) is 3.42. The van der Waals surface area contributed by atoms with Crippen molar-refractivity contribution in [2.75, 3.05) is 23.1 Å². The van der Waals surface area contributed by atoms with Crippen LogP contribution in [0.3, 0.4) is 0 Å². The SMILES string of the molecule is COC(=O)c1c(NC(=O)C[C@@H]2Nc3ccccc3NC2=O)sc2c1CC[C@@H](C)C2. The number of fused-ring (bicyclic) bond motifs is 2. The van der Waals surface area contributed by atoms with Crippen LogP contribution in [0, 0.1) is 5.92 Å². The average molecular weight is 413 g/mol. The molecular formula is C21H23N3O4S. The van der Waals surface area contributed by atoms with Crippen molar-refractivity contribution in [3.63, 3.8) is 0 Å². The summed E-state index contributed by atoms with van der Waals surface area (Å²) < 4.78 is 4.96. The summed E-state index contributed by atoms with van der Waals surface area (Å²) in [7, 11) is 1.34. The highest BCUT2D eigenvalue weighted by Gasteiger charge is 2.31. The van der Waals surface area contributed by atoms with Crippen LogP contribution >= 0.6 is 11.3 Å². The van der Waals surface area contributed by atoms with Crippen molar-refractivity contribution in [3.8, 4) is 0 Å². The van der Waals surface area contributed by atoms with E-state index in [0.29, 0.717) is 22.2 Å². The second-order valence-corrected chi connectivity index (χ2v) is 8.64. The molecule has 3 N–H and O–H groups in total. The summed E-state index contributed by atoms with van der Waals surface area (Å²) in [5.74, 6) is -0.472. The molecule has 29 heavy (non-hydrogen) atoms. The molecule has 0 unspecified atom stereocenters. The smallest absolute Gasteiger partial charge is 0.341 e. The van der Waals surface area contributed by atoms with Gasteiger partial charge in [-0.2, -0.15) is 0 Å². The first kappa shape index (κ1) is 19.4. The molecule has 8 heteroatoms. The van der Waals surface area contributed by atoms with Gasteiger partial charge < -0.3 is 20.7 Å². The number of methoxy groups -OCH3 is 1. The molecule has 2 heterocycles. The number of ether oxygens (including phenoxy) is 1. The first-order valence-corrected chi connectivity index (χ1v) is 10.5. The average Bonchev–Trinajstić information content (AvgIpc) is 3.04. The molecule has 7 nitrogen and oxygen atoms in total. The van der Waals surface area contributed by atoms with Crippen molar-refractivity contribution in [3.05, 3.63) is 40.3 Å². The van der Waals surface area contributed by atoms with E-state index in [2.05, 4.69) is 22.9 Å². The number of carbonyl (C=O) groups is 3. The number of benzene rings is 1. The van der Waals surface area contributed by atoms with Crippen LogP contribution in [0.1, 0.15) is 40.6 Å². The van der Waals surface area contributed by atoms with Crippen LogP contribution in [0.2, 0.25) is 0 Å². The standard InChI is InChI=1S/C21H23N3O4S/c1-11-7-8-12-16(9-11)29-20(18(12)21(27)28-2)24-17(25)10-15-19(26)23-14-6-4-3-5-13(14)22-15/h3-6,11,15,22H,7-10H2,1-2H3,(H,23,26)(H,24,25)/t11-,15+/m1/s1. The summed E-state index contributed by atoms with van der Waals surface area (Å²) in [6.07, 6.45) is 2.66. The quantitative estimate of drug-likeness (QED) is 0.668. The van der Waals surface area contributed by atoms with Crippen LogP contribution in [0.15, 0.2) is 24.3 Å². The number of hydrogen-bond acceptors (Lipinski definition) is 6. The summed E-state index contributed by atoms with van der Waals surface area (Å²) >= 11 is 1.44. The number of thiophene rings is 1. The van der Waals surface area contributed by atoms with Gasteiger partial charge in [0.2, 0.25) is 11.8 Å². The number of anilines is 3. The first-order chi connectivity index (χ1) is 14.0. The molecule has 0 saturated heterocycles. The molecular weight excluding hydrogens is 390 g/mol. The molecule has 1 aliphatic carbocycles. The highest BCUT2D eigenvalue weighted by molar-refractivity contribution is 7.17. The van der Waals surface area contributed by atoms with Crippen molar-refractivity contribution in [1.82, 2.24) is 0 Å². The monoisotopic (exact) mass is 413 g/mol. The molecule has 1 aliphatic heterocycles. The van der Waals surface area contributed by atoms with E-state index in [0.717, 1.165) is 35.4 Å². The topological polar surface area (TPSA) is 96.5 Å². The fourth-order valence-electron chi connectivity index (χ4n) is 3.85. The van der Waals surface area contributed by atoms with Crippen LogP contribution in [0.25, 0.3) is 0 Å². The van der Waals surface area contributed by atoms with Gasteiger partial charge in [-0.15, -0.1) is 11.3 Å². The van der Waals surface area contributed by atoms with Crippen LogP contribution in [-0.4, -0.2) is 30.9 Å². The van der Waals surface area contributed by atoms with Gasteiger partial charge in [0, 0.05) is 4.88 Å². The maximum Gasteiger partial charge on any atom is 0.341 e. The molecule has 0 spiro atoms. The predicted molar refractivity (Wildman–Crippen MR) is 113 cm³/mol. The first-order valence-electron chi connectivity index (χ1n) is 9.65. The van der Waals surface area contributed by atoms with Crippen molar-refractivity contribution in [1.29, 1.82) is 0 Å². The fraction of sp³-hybridized carbons (Fsp3) is 0.381. The minimum Gasteiger partial charge on any atom is -0.465 e. The van der Waals surface area contributed by atoms with Gasteiger partial charge in [-0.1, -0.05) is 19.1 Å². The van der Waals surface area contributed by atoms with E-state index in [9.17, 15) is 14.4 Å². The molecule has 4 rings (SSSR count). The maximum absolute atomic E-state index is 12.7. The van der Waals surface area contributed by atoms with Crippen LogP contribution < -0.4 is 16.0 Å². The molecule has 2 atom stereocenters. The van der Waals surface area contributed by atoms with Gasteiger partial charge >= 0.3 is 5.97 Å². The molecule has 2 amide bonds. The van der Waals surface area contributed by atoms with Gasteiger partial charge in [0.15, 0.2) is 0 Å². The van der Waals surface area contributed by atoms with Crippen LogP contribution in [0.5, 0.6) is 0 Å². The second kappa shape index (κ2) is 7.87. The summed E-state index contributed by atoms with van der Waals surface area (Å²) in [6.45, 7) is 2.18. The number of nitrogens with one attached hydrogen (secondary N) is 3. The Hall–Kier alpha value is -2.87. The number of para-hydroxylation sites is 2. The largest absolute Gasteiger partial charge is 0.465 e. The summed E-state index contributed by atoms with van der Waals surface area (Å²) in [5.41, 5.74) is 2.92. The summed E-state index contributed by atoms with van der Waals surface area (Å²) in [6, 6.07) is 6.67. The Morgan fingerprint density at radius 3 is 2.79 bits per heavy atom. The minimum absolute atomic E-state index is 0.0419. The number of amides is 2. The van der Waals surface area contributed by atoms with Crippen LogP contribution in [-0.2, 0) is 27.2 Å². The Kier molecular flexibility index (Phi) is 5.27. The van der Waals surface area contributed by atoms with Crippen molar-refractivity contribution in [2.45, 2.75) is 38.6 Å². The van der Waals surface area contributed by atoms with Crippen molar-refractivity contribution < 1.29 is 19.1 Å². The van der Waals surface area contributed by atoms with E-state index < -0.39 is 12.0 Å². The minimum atomic E-state index is -0.680. The zero-order chi connectivity index (χ0) is 20.5. The molecule has 0 saturated carbocycles. The summed E-state index contributed by atoms with van der Waals surface area (Å²) in [4.78, 5) is 38.5. The number of hydrogen-bond donors (Lipinski definition) is 3. The van der Waals surface area contributed by atoms with Gasteiger partial charge in [0.1, 0.15) is 11.0 Å². The number of rotatable bonds is 4. The van der Waals surface area contributed by atoms with Gasteiger partial charge in [0.25, 0.3) is 0 Å². The molecule has 1 aromatic heterocycles. The molecule has 0 radical (unpaired) electrons. The molecule has 2 aliphatic rings. The second-order valence-electron chi connectivity index (χ2n) is 7.53.